The number of aliphatic hydroxyl groups is 1. The average molecular weight is 584 g/mol. The Hall–Kier alpha value is -3.37. The van der Waals surface area contributed by atoms with Gasteiger partial charge in [-0.3, -0.25) is 4.79 Å². The van der Waals surface area contributed by atoms with Gasteiger partial charge in [0.05, 0.1) is 12.2 Å². The predicted octanol–water partition coefficient (Wildman–Crippen LogP) is 4.80. The largest absolute Gasteiger partial charge is 0.479 e. The molecule has 4 rings (SSSR count). The van der Waals surface area contributed by atoms with Gasteiger partial charge in [0.25, 0.3) is 5.91 Å². The summed E-state index contributed by atoms with van der Waals surface area (Å²) < 4.78 is 11.7. The number of benzene rings is 1. The van der Waals surface area contributed by atoms with Gasteiger partial charge in [0, 0.05) is 55.1 Å². The van der Waals surface area contributed by atoms with Gasteiger partial charge in [-0.25, -0.2) is 9.59 Å². The van der Waals surface area contributed by atoms with Crippen molar-refractivity contribution in [2.24, 2.45) is 11.8 Å². The number of aliphatic hydroxyl groups excluding tert-OH is 1. The van der Waals surface area contributed by atoms with E-state index in [-0.39, 0.29) is 43.2 Å². The molecule has 1 aromatic carbocycles. The molecule has 0 saturated carbocycles. The Labute approximate surface area is 247 Å². The Bertz CT molecular complexity index is 1310. The number of aryl methyl sites for hydroxylation is 1. The molecule has 42 heavy (non-hydrogen) atoms. The minimum absolute atomic E-state index is 0.0332. The molecule has 2 saturated heterocycles. The fourth-order valence-corrected chi connectivity index (χ4v) is 5.83. The van der Waals surface area contributed by atoms with E-state index in [0.717, 1.165) is 22.9 Å². The predicted molar refractivity (Wildman–Crippen MR) is 159 cm³/mol. The molecule has 4 N–H and O–H groups in total. The summed E-state index contributed by atoms with van der Waals surface area (Å²) in [5.41, 5.74) is 0.518. The fraction of sp³-hybridized carbons (Fsp3) is 0.594. The quantitative estimate of drug-likeness (QED) is 0.311. The van der Waals surface area contributed by atoms with Gasteiger partial charge in [0.15, 0.2) is 5.60 Å². The number of nitrogens with zero attached hydrogens (tertiary/aromatic N) is 1. The summed E-state index contributed by atoms with van der Waals surface area (Å²) in [5.74, 6) is -1.12. The summed E-state index contributed by atoms with van der Waals surface area (Å²) in [4.78, 5) is 42.4. The molecular formula is C32H45N3O7. The number of carbonyl (C=O) groups excluding carboxylic acids is 2. The van der Waals surface area contributed by atoms with Gasteiger partial charge in [-0.1, -0.05) is 19.1 Å². The molecule has 2 aliphatic rings. The lowest BCUT2D eigenvalue weighted by Crippen LogP contribution is -2.51. The van der Waals surface area contributed by atoms with E-state index in [1.54, 1.807) is 4.90 Å². The van der Waals surface area contributed by atoms with Crippen LogP contribution in [0.4, 0.5) is 4.79 Å². The molecule has 2 aromatic rings. The highest BCUT2D eigenvalue weighted by Crippen LogP contribution is 2.37. The number of carboxylic acid groups (broad SMARTS) is 1. The van der Waals surface area contributed by atoms with Gasteiger partial charge >= 0.3 is 12.1 Å². The van der Waals surface area contributed by atoms with Crippen molar-refractivity contribution < 1.29 is 34.1 Å². The standard InChI is InChI=1S/C32H45N3O7/c1-20-8-12-32(29(38)39,11-6-7-22-10-14-35(19-22)30(40)42-31(3,4)5)41-26(20)17-25(36)18-34-28(37)24-15-21(2)27-23(16-24)9-13-33-27/h6-7,9,13,15-16,20,22,25-26,33,36H,8,10-12,14,17-19H2,1-5H3,(H,34,37)(H,38,39)/b7-6+/t20?,22?,25?,26-,32?/m0/s1. The Morgan fingerprint density at radius 3 is 2.76 bits per heavy atom. The van der Waals surface area contributed by atoms with E-state index in [0.29, 0.717) is 31.5 Å². The molecule has 2 aliphatic heterocycles. The van der Waals surface area contributed by atoms with E-state index in [1.165, 1.54) is 0 Å². The molecule has 1 aromatic heterocycles. The van der Waals surface area contributed by atoms with Gasteiger partial charge in [-0.15, -0.1) is 0 Å². The second-order valence-corrected chi connectivity index (χ2v) is 12.9. The first kappa shape index (κ1) is 31.6. The molecule has 4 unspecified atom stereocenters. The first-order valence-electron chi connectivity index (χ1n) is 14.9. The third kappa shape index (κ3) is 7.72. The lowest BCUT2D eigenvalue weighted by molar-refractivity contribution is -0.194. The number of fused-ring (bicyclic) bond motifs is 1. The molecular weight excluding hydrogens is 538 g/mol. The van der Waals surface area contributed by atoms with Gasteiger partial charge < -0.3 is 34.9 Å². The molecule has 230 valence electrons. The van der Waals surface area contributed by atoms with Crippen LogP contribution < -0.4 is 5.32 Å². The zero-order valence-electron chi connectivity index (χ0n) is 25.3. The molecule has 5 atom stereocenters. The Kier molecular flexibility index (Phi) is 9.67. The lowest BCUT2D eigenvalue weighted by Gasteiger charge is -2.41. The number of aromatic amines is 1. The second-order valence-electron chi connectivity index (χ2n) is 12.9. The number of carboxylic acids is 1. The van der Waals surface area contributed by atoms with Gasteiger partial charge in [0.1, 0.15) is 5.60 Å². The SMILES string of the molecule is Cc1cc(C(=O)NCC(O)C[C@@H]2OC(C/C=C/C3CCN(C(=O)OC(C)(C)C)C3)(C(=O)O)CCC2C)cc2cc[nH]c12. The molecule has 10 heteroatoms. The zero-order valence-corrected chi connectivity index (χ0v) is 25.3. The maximum atomic E-state index is 12.8. The van der Waals surface area contributed by atoms with Crippen molar-refractivity contribution in [3.8, 4) is 0 Å². The summed E-state index contributed by atoms with van der Waals surface area (Å²) in [5, 5.41) is 24.7. The first-order chi connectivity index (χ1) is 19.8. The van der Waals surface area contributed by atoms with Crippen molar-refractivity contribution >= 4 is 28.9 Å². The Morgan fingerprint density at radius 1 is 1.29 bits per heavy atom. The van der Waals surface area contributed by atoms with Crippen LogP contribution in [0.15, 0.2) is 36.5 Å². The number of hydrogen-bond donors (Lipinski definition) is 4. The number of hydrogen-bond acceptors (Lipinski definition) is 6. The average Bonchev–Trinajstić information content (AvgIpc) is 3.58. The first-order valence-corrected chi connectivity index (χ1v) is 14.9. The van der Waals surface area contributed by atoms with E-state index in [2.05, 4.69) is 10.3 Å². The van der Waals surface area contributed by atoms with Crippen LogP contribution >= 0.6 is 0 Å². The number of ether oxygens (including phenoxy) is 2. The number of amides is 2. The van der Waals surface area contributed by atoms with Crippen LogP contribution in [0.5, 0.6) is 0 Å². The van der Waals surface area contributed by atoms with Crippen molar-refractivity contribution in [3.05, 3.63) is 47.7 Å². The number of likely N-dealkylation sites (tertiary alicyclic amines) is 1. The number of rotatable bonds is 9. The van der Waals surface area contributed by atoms with E-state index in [1.807, 2.05) is 71.2 Å². The molecule has 0 aliphatic carbocycles. The van der Waals surface area contributed by atoms with Crippen LogP contribution in [0.25, 0.3) is 10.9 Å². The van der Waals surface area contributed by atoms with Crippen molar-refractivity contribution in [3.63, 3.8) is 0 Å². The topological polar surface area (TPSA) is 141 Å². The zero-order chi connectivity index (χ0) is 30.7. The number of aromatic nitrogens is 1. The van der Waals surface area contributed by atoms with Crippen LogP contribution in [-0.2, 0) is 14.3 Å². The number of aliphatic carboxylic acids is 1. The summed E-state index contributed by atoms with van der Waals surface area (Å²) in [6, 6.07) is 5.52. The molecule has 10 nitrogen and oxygen atoms in total. The fourth-order valence-electron chi connectivity index (χ4n) is 5.83. The molecule has 0 radical (unpaired) electrons. The van der Waals surface area contributed by atoms with Crippen LogP contribution in [0.3, 0.4) is 0 Å². The van der Waals surface area contributed by atoms with Crippen LogP contribution in [-0.4, -0.2) is 81.1 Å². The minimum atomic E-state index is -1.39. The Balaban J connectivity index is 1.30. The maximum Gasteiger partial charge on any atom is 0.410 e. The van der Waals surface area contributed by atoms with E-state index in [9.17, 15) is 24.6 Å². The van der Waals surface area contributed by atoms with E-state index < -0.39 is 29.4 Å². The molecule has 2 fully saturated rings. The highest BCUT2D eigenvalue weighted by Gasteiger charge is 2.46. The summed E-state index contributed by atoms with van der Waals surface area (Å²) in [7, 11) is 0. The van der Waals surface area contributed by atoms with Crippen molar-refractivity contribution in [2.75, 3.05) is 19.6 Å². The third-order valence-corrected chi connectivity index (χ3v) is 8.26. The molecule has 0 bridgehead atoms. The van der Waals surface area contributed by atoms with Gasteiger partial charge in [0.2, 0.25) is 0 Å². The van der Waals surface area contributed by atoms with Gasteiger partial charge in [-0.2, -0.15) is 0 Å². The smallest absolute Gasteiger partial charge is 0.410 e. The molecule has 2 amide bonds. The highest BCUT2D eigenvalue weighted by molar-refractivity contribution is 5.99. The summed E-state index contributed by atoms with van der Waals surface area (Å²) in [6.07, 6.45) is 6.17. The summed E-state index contributed by atoms with van der Waals surface area (Å²) in [6.45, 7) is 10.6. The molecule has 3 heterocycles. The van der Waals surface area contributed by atoms with E-state index >= 15 is 0 Å². The molecule has 0 spiro atoms. The maximum absolute atomic E-state index is 12.8. The van der Waals surface area contributed by atoms with Gasteiger partial charge in [-0.05, 0) is 82.6 Å². The second kappa shape index (κ2) is 12.9. The number of nitrogens with one attached hydrogen (secondary N) is 2. The summed E-state index contributed by atoms with van der Waals surface area (Å²) >= 11 is 0. The minimum Gasteiger partial charge on any atom is -0.479 e. The van der Waals surface area contributed by atoms with Crippen molar-refractivity contribution in [1.82, 2.24) is 15.2 Å². The van der Waals surface area contributed by atoms with Crippen LogP contribution in [0.1, 0.15) is 75.7 Å². The van der Waals surface area contributed by atoms with Crippen molar-refractivity contribution in [2.45, 2.75) is 90.1 Å². The van der Waals surface area contributed by atoms with E-state index in [4.69, 9.17) is 9.47 Å². The number of carbonyl (C=O) groups is 3. The Morgan fingerprint density at radius 2 is 2.05 bits per heavy atom. The third-order valence-electron chi connectivity index (χ3n) is 8.26. The number of H-pyrrole nitrogens is 1. The monoisotopic (exact) mass is 583 g/mol. The lowest BCUT2D eigenvalue weighted by atomic mass is 9.82. The van der Waals surface area contributed by atoms with Crippen LogP contribution in [0.2, 0.25) is 0 Å². The van der Waals surface area contributed by atoms with Crippen molar-refractivity contribution in [1.29, 1.82) is 0 Å². The highest BCUT2D eigenvalue weighted by atomic mass is 16.6. The normalized spacial score (nSPS) is 25.6. The van der Waals surface area contributed by atoms with Crippen LogP contribution in [0, 0.1) is 18.8 Å².